The Morgan fingerprint density at radius 1 is 1.50 bits per heavy atom. The van der Waals surface area contributed by atoms with E-state index >= 15 is 0 Å². The number of hydrogen-bond acceptors (Lipinski definition) is 4. The Labute approximate surface area is 129 Å². The zero-order valence-electron chi connectivity index (χ0n) is 11.6. The number of amidine groups is 1. The summed E-state index contributed by atoms with van der Waals surface area (Å²) in [4.78, 5) is 2.38. The van der Waals surface area contributed by atoms with Gasteiger partial charge in [-0.25, -0.2) is 0 Å². The number of halogens is 1. The first-order chi connectivity index (χ1) is 9.59. The molecule has 0 bridgehead atoms. The maximum Gasteiger partial charge on any atom is 0.155 e. The van der Waals surface area contributed by atoms with Gasteiger partial charge < -0.3 is 10.9 Å². The van der Waals surface area contributed by atoms with E-state index in [1.54, 1.807) is 11.8 Å². The number of nitrogens with two attached hydrogens (primary N) is 1. The minimum atomic E-state index is -0.223. The molecule has 6 heteroatoms. The van der Waals surface area contributed by atoms with Crippen LogP contribution in [0, 0.1) is 0 Å². The third-order valence-corrected chi connectivity index (χ3v) is 5.56. The Kier molecular flexibility index (Phi) is 5.18. The average Bonchev–Trinajstić information content (AvgIpc) is 2.47. The zero-order chi connectivity index (χ0) is 14.6. The predicted molar refractivity (Wildman–Crippen MR) is 85.6 cm³/mol. The first kappa shape index (κ1) is 15.5. The number of piperidine rings is 1. The van der Waals surface area contributed by atoms with E-state index in [1.807, 2.05) is 24.5 Å². The van der Waals surface area contributed by atoms with Gasteiger partial charge in [-0.15, -0.1) is 0 Å². The Balaban J connectivity index is 1.97. The van der Waals surface area contributed by atoms with Gasteiger partial charge in [0.2, 0.25) is 0 Å². The first-order valence-electron chi connectivity index (χ1n) is 6.59. The van der Waals surface area contributed by atoms with E-state index in [9.17, 15) is 0 Å². The van der Waals surface area contributed by atoms with Gasteiger partial charge in [0.25, 0.3) is 0 Å². The van der Waals surface area contributed by atoms with Gasteiger partial charge in [0.05, 0.1) is 4.75 Å². The van der Waals surface area contributed by atoms with E-state index in [1.165, 1.54) is 5.56 Å². The monoisotopic (exact) mass is 313 g/mol. The summed E-state index contributed by atoms with van der Waals surface area (Å²) in [5.74, 6) is 0.340. The molecule has 1 saturated heterocycles. The Morgan fingerprint density at radius 2 is 2.20 bits per heavy atom. The molecular formula is C14H20ClN3OS. The number of rotatable bonds is 4. The van der Waals surface area contributed by atoms with Crippen LogP contribution in [0.25, 0.3) is 0 Å². The van der Waals surface area contributed by atoms with Crippen molar-refractivity contribution < 1.29 is 5.21 Å². The highest BCUT2D eigenvalue weighted by molar-refractivity contribution is 8.00. The molecule has 1 aliphatic rings. The van der Waals surface area contributed by atoms with Crippen LogP contribution in [0.2, 0.25) is 5.02 Å². The van der Waals surface area contributed by atoms with Crippen molar-refractivity contribution in [3.05, 3.63) is 34.9 Å². The standard InChI is InChI=1S/C14H20ClN3OS/c1-20-14(13(16)17-19)5-7-18(8-6-14)10-11-3-2-4-12(15)9-11/h2-4,9,19H,5-8,10H2,1H3,(H2,16,17). The van der Waals surface area contributed by atoms with E-state index in [0.29, 0.717) is 5.84 Å². The van der Waals surface area contributed by atoms with E-state index < -0.39 is 0 Å². The maximum atomic E-state index is 8.94. The Hall–Kier alpha value is -0.910. The van der Waals surface area contributed by atoms with Crippen molar-refractivity contribution in [2.24, 2.45) is 10.9 Å². The molecule has 0 aromatic heterocycles. The van der Waals surface area contributed by atoms with E-state index in [0.717, 1.165) is 37.5 Å². The summed E-state index contributed by atoms with van der Waals surface area (Å²) in [5.41, 5.74) is 7.07. The molecule has 1 heterocycles. The van der Waals surface area contributed by atoms with Crippen LogP contribution < -0.4 is 5.73 Å². The smallest absolute Gasteiger partial charge is 0.155 e. The number of likely N-dealkylation sites (tertiary alicyclic amines) is 1. The fraction of sp³-hybridized carbons (Fsp3) is 0.500. The molecule has 0 radical (unpaired) electrons. The molecule has 1 aromatic rings. The highest BCUT2D eigenvalue weighted by Crippen LogP contribution is 2.35. The number of hydrogen-bond donors (Lipinski definition) is 2. The number of oxime groups is 1. The normalized spacial score (nSPS) is 20.0. The van der Waals surface area contributed by atoms with Gasteiger partial charge in [-0.3, -0.25) is 4.90 Å². The highest BCUT2D eigenvalue weighted by Gasteiger charge is 2.38. The van der Waals surface area contributed by atoms with Crippen molar-refractivity contribution in [2.75, 3.05) is 19.3 Å². The van der Waals surface area contributed by atoms with E-state index in [4.69, 9.17) is 22.5 Å². The molecule has 0 aliphatic carbocycles. The second-order valence-electron chi connectivity index (χ2n) is 5.09. The number of thioether (sulfide) groups is 1. The van der Waals surface area contributed by atoms with Gasteiger partial charge in [-0.1, -0.05) is 28.9 Å². The van der Waals surface area contributed by atoms with Crippen LogP contribution in [0.5, 0.6) is 0 Å². The summed E-state index contributed by atoms with van der Waals surface area (Å²) in [5, 5.41) is 12.9. The molecule has 0 atom stereocenters. The van der Waals surface area contributed by atoms with Gasteiger partial charge in [0.15, 0.2) is 5.84 Å². The second-order valence-corrected chi connectivity index (χ2v) is 6.72. The lowest BCUT2D eigenvalue weighted by molar-refractivity contribution is 0.209. The van der Waals surface area contributed by atoms with Crippen LogP contribution in [-0.4, -0.2) is 40.0 Å². The molecule has 0 amide bonds. The summed E-state index contributed by atoms with van der Waals surface area (Å²) in [6.07, 6.45) is 3.81. The summed E-state index contributed by atoms with van der Waals surface area (Å²) in [6.45, 7) is 2.76. The summed E-state index contributed by atoms with van der Waals surface area (Å²) >= 11 is 7.68. The average molecular weight is 314 g/mol. The van der Waals surface area contributed by atoms with Crippen molar-refractivity contribution in [1.29, 1.82) is 0 Å². The molecular weight excluding hydrogens is 294 g/mol. The Morgan fingerprint density at radius 3 is 2.75 bits per heavy atom. The van der Waals surface area contributed by atoms with Gasteiger partial charge >= 0.3 is 0 Å². The van der Waals surface area contributed by atoms with Crippen molar-refractivity contribution in [1.82, 2.24) is 4.90 Å². The van der Waals surface area contributed by atoms with Crippen LogP contribution in [0.4, 0.5) is 0 Å². The lowest BCUT2D eigenvalue weighted by Gasteiger charge is -2.39. The Bertz CT molecular complexity index is 487. The predicted octanol–water partition coefficient (Wildman–Crippen LogP) is 2.78. The fourth-order valence-corrected chi connectivity index (χ4v) is 3.68. The third-order valence-electron chi connectivity index (χ3n) is 3.92. The SMILES string of the molecule is CSC1(C(N)=NO)CCN(Cc2cccc(Cl)c2)CC1. The zero-order valence-corrected chi connectivity index (χ0v) is 13.1. The molecule has 1 aromatic carbocycles. The van der Waals surface area contributed by atoms with E-state index in [-0.39, 0.29) is 4.75 Å². The summed E-state index contributed by atoms with van der Waals surface area (Å²) < 4.78 is -0.223. The molecule has 1 aliphatic heterocycles. The summed E-state index contributed by atoms with van der Waals surface area (Å²) in [6, 6.07) is 7.95. The first-order valence-corrected chi connectivity index (χ1v) is 8.20. The minimum absolute atomic E-state index is 0.223. The maximum absolute atomic E-state index is 8.94. The van der Waals surface area contributed by atoms with Crippen LogP contribution in [-0.2, 0) is 6.54 Å². The van der Waals surface area contributed by atoms with Gasteiger partial charge in [-0.05, 0) is 36.8 Å². The second kappa shape index (κ2) is 6.70. The molecule has 20 heavy (non-hydrogen) atoms. The number of nitrogens with zero attached hydrogens (tertiary/aromatic N) is 2. The van der Waals surface area contributed by atoms with Crippen molar-refractivity contribution in [2.45, 2.75) is 24.1 Å². The molecule has 4 nitrogen and oxygen atoms in total. The van der Waals surface area contributed by atoms with Gasteiger partial charge in [-0.2, -0.15) is 11.8 Å². The molecule has 110 valence electrons. The van der Waals surface area contributed by atoms with Gasteiger partial charge in [0, 0.05) is 24.7 Å². The van der Waals surface area contributed by atoms with Gasteiger partial charge in [0.1, 0.15) is 0 Å². The third kappa shape index (κ3) is 3.40. The topological polar surface area (TPSA) is 61.9 Å². The molecule has 0 spiro atoms. The lowest BCUT2D eigenvalue weighted by Crippen LogP contribution is -2.49. The highest BCUT2D eigenvalue weighted by atomic mass is 35.5. The quantitative estimate of drug-likeness (QED) is 0.388. The van der Waals surface area contributed by atoms with Crippen LogP contribution in [0.3, 0.4) is 0 Å². The van der Waals surface area contributed by atoms with Crippen LogP contribution >= 0.6 is 23.4 Å². The molecule has 0 unspecified atom stereocenters. The summed E-state index contributed by atoms with van der Waals surface area (Å²) in [7, 11) is 0. The molecule has 2 rings (SSSR count). The molecule has 3 N–H and O–H groups in total. The molecule has 1 fully saturated rings. The van der Waals surface area contributed by atoms with Crippen molar-refractivity contribution in [3.8, 4) is 0 Å². The van der Waals surface area contributed by atoms with Crippen LogP contribution in [0.15, 0.2) is 29.4 Å². The largest absolute Gasteiger partial charge is 0.409 e. The van der Waals surface area contributed by atoms with E-state index in [2.05, 4.69) is 16.1 Å². The van der Waals surface area contributed by atoms with Crippen molar-refractivity contribution in [3.63, 3.8) is 0 Å². The molecule has 0 saturated carbocycles. The number of benzene rings is 1. The minimum Gasteiger partial charge on any atom is -0.409 e. The fourth-order valence-electron chi connectivity index (χ4n) is 2.62. The van der Waals surface area contributed by atoms with Crippen LogP contribution in [0.1, 0.15) is 18.4 Å². The lowest BCUT2D eigenvalue weighted by atomic mass is 9.94. The van der Waals surface area contributed by atoms with Crippen molar-refractivity contribution >= 4 is 29.2 Å².